The fourth-order valence-electron chi connectivity index (χ4n) is 3.33. The molecule has 0 aromatic heterocycles. The van der Waals surface area contributed by atoms with Crippen LogP contribution in [0, 0.1) is 5.82 Å². The number of aliphatic hydroxyl groups excluding tert-OH is 1. The number of nitrogens with one attached hydrogen (secondary N) is 1. The summed E-state index contributed by atoms with van der Waals surface area (Å²) in [4.78, 5) is 14.0. The van der Waals surface area contributed by atoms with E-state index in [0.29, 0.717) is 31.2 Å². The van der Waals surface area contributed by atoms with E-state index in [4.69, 9.17) is 14.2 Å². The van der Waals surface area contributed by atoms with Gasteiger partial charge in [-0.1, -0.05) is 12.1 Å². The maximum Gasteiger partial charge on any atom is 0.260 e. The second kappa shape index (κ2) is 12.9. The van der Waals surface area contributed by atoms with Gasteiger partial charge in [-0.25, -0.2) is 4.39 Å². The van der Waals surface area contributed by atoms with Crippen LogP contribution in [0.5, 0.6) is 17.2 Å². The van der Waals surface area contributed by atoms with Crippen LogP contribution in [0.2, 0.25) is 0 Å². The predicted molar refractivity (Wildman–Crippen MR) is 119 cm³/mol. The quantitative estimate of drug-likeness (QED) is 0.488. The van der Waals surface area contributed by atoms with E-state index >= 15 is 0 Å². The molecule has 1 fully saturated rings. The summed E-state index contributed by atoms with van der Waals surface area (Å²) >= 11 is 0. The number of para-hydroxylation sites is 1. The molecule has 2 aromatic rings. The van der Waals surface area contributed by atoms with Gasteiger partial charge >= 0.3 is 0 Å². The molecule has 0 spiro atoms. The third-order valence-corrected chi connectivity index (χ3v) is 5.09. The highest BCUT2D eigenvalue weighted by atomic mass is 19.1. The summed E-state index contributed by atoms with van der Waals surface area (Å²) in [5, 5.41) is 13.0. The van der Waals surface area contributed by atoms with Crippen LogP contribution in [0.15, 0.2) is 48.5 Å². The Morgan fingerprint density at radius 3 is 2.41 bits per heavy atom. The summed E-state index contributed by atoms with van der Waals surface area (Å²) in [5.41, 5.74) is 0. The lowest BCUT2D eigenvalue weighted by Crippen LogP contribution is -2.38. The van der Waals surface area contributed by atoms with Gasteiger partial charge in [-0.2, -0.15) is 0 Å². The molecule has 1 aliphatic rings. The van der Waals surface area contributed by atoms with Crippen LogP contribution in [0.3, 0.4) is 0 Å². The molecule has 32 heavy (non-hydrogen) atoms. The first-order valence-electron chi connectivity index (χ1n) is 11.0. The van der Waals surface area contributed by atoms with Gasteiger partial charge in [-0.15, -0.1) is 0 Å². The Bertz CT molecular complexity index is 827. The maximum atomic E-state index is 13.5. The van der Waals surface area contributed by atoms with Crippen LogP contribution < -0.4 is 19.5 Å². The number of carbonyl (C=O) groups excluding carboxylic acids is 1. The molecular formula is C24H31FN2O5. The van der Waals surface area contributed by atoms with Gasteiger partial charge in [0.25, 0.3) is 5.91 Å². The molecule has 2 N–H and O–H groups in total. The molecule has 1 atom stereocenters. The lowest BCUT2D eigenvalue weighted by atomic mass is 10.1. The lowest BCUT2D eigenvalue weighted by Gasteiger charge is -2.26. The molecule has 3 rings (SSSR count). The van der Waals surface area contributed by atoms with Gasteiger partial charge in [0, 0.05) is 26.2 Å². The number of likely N-dealkylation sites (tertiary alicyclic amines) is 1. The van der Waals surface area contributed by atoms with Crippen LogP contribution in [0.1, 0.15) is 19.3 Å². The first-order chi connectivity index (χ1) is 15.6. The van der Waals surface area contributed by atoms with Crippen molar-refractivity contribution in [2.75, 3.05) is 46.0 Å². The minimum absolute atomic E-state index is 0.00346. The number of aliphatic hydroxyl groups is 1. The maximum absolute atomic E-state index is 13.5. The van der Waals surface area contributed by atoms with E-state index in [0.717, 1.165) is 25.9 Å². The molecule has 1 amide bonds. The number of hydrogen-bond acceptors (Lipinski definition) is 6. The third-order valence-electron chi connectivity index (χ3n) is 5.09. The second-order valence-corrected chi connectivity index (χ2v) is 7.65. The molecule has 0 saturated carbocycles. The number of ether oxygens (including phenoxy) is 3. The highest BCUT2D eigenvalue weighted by molar-refractivity contribution is 5.77. The van der Waals surface area contributed by atoms with Crippen LogP contribution in [-0.2, 0) is 4.79 Å². The Morgan fingerprint density at radius 2 is 1.69 bits per heavy atom. The monoisotopic (exact) mass is 446 g/mol. The Morgan fingerprint density at radius 1 is 1.00 bits per heavy atom. The van der Waals surface area contributed by atoms with Gasteiger partial charge in [0.1, 0.15) is 30.8 Å². The molecule has 1 saturated heterocycles. The van der Waals surface area contributed by atoms with Crippen LogP contribution >= 0.6 is 0 Å². The average Bonchev–Trinajstić information content (AvgIpc) is 2.83. The summed E-state index contributed by atoms with van der Waals surface area (Å²) < 4.78 is 30.0. The SMILES string of the molecule is O=C(COc1ccc(OCCNCC(O)COc2ccccc2F)cc1)N1CCCCC1. The van der Waals surface area contributed by atoms with E-state index in [1.54, 1.807) is 36.4 Å². The highest BCUT2D eigenvalue weighted by Crippen LogP contribution is 2.18. The zero-order chi connectivity index (χ0) is 22.6. The third kappa shape index (κ3) is 8.01. The molecule has 1 unspecified atom stereocenters. The topological polar surface area (TPSA) is 80.3 Å². The van der Waals surface area contributed by atoms with Crippen molar-refractivity contribution in [1.82, 2.24) is 10.2 Å². The van der Waals surface area contributed by atoms with Crippen molar-refractivity contribution in [3.05, 3.63) is 54.3 Å². The van der Waals surface area contributed by atoms with E-state index in [1.807, 2.05) is 4.90 Å². The zero-order valence-corrected chi connectivity index (χ0v) is 18.2. The molecule has 2 aromatic carbocycles. The Kier molecular flexibility index (Phi) is 9.59. The normalized spacial score (nSPS) is 14.6. The van der Waals surface area contributed by atoms with Crippen molar-refractivity contribution >= 4 is 5.91 Å². The summed E-state index contributed by atoms with van der Waals surface area (Å²) in [7, 11) is 0. The summed E-state index contributed by atoms with van der Waals surface area (Å²) in [6, 6.07) is 13.2. The number of hydrogen-bond donors (Lipinski definition) is 2. The molecule has 1 aliphatic heterocycles. The second-order valence-electron chi connectivity index (χ2n) is 7.65. The van der Waals surface area contributed by atoms with Crippen LogP contribution in [0.4, 0.5) is 4.39 Å². The predicted octanol–water partition coefficient (Wildman–Crippen LogP) is 2.63. The lowest BCUT2D eigenvalue weighted by molar-refractivity contribution is -0.134. The number of nitrogens with zero attached hydrogens (tertiary/aromatic N) is 1. The first-order valence-corrected chi connectivity index (χ1v) is 11.0. The Hall–Kier alpha value is -2.84. The molecule has 0 radical (unpaired) electrons. The number of piperidine rings is 1. The standard InChI is InChI=1S/C24H31FN2O5/c25-22-6-2-3-7-23(22)32-17-19(28)16-26-12-15-30-20-8-10-21(11-9-20)31-18-24(29)27-13-4-1-5-14-27/h2-3,6-11,19,26,28H,1,4-5,12-18H2. The Balaban J connectivity index is 1.26. The van der Waals surface area contributed by atoms with Crippen LogP contribution in [-0.4, -0.2) is 68.0 Å². The number of amides is 1. The van der Waals surface area contributed by atoms with Gasteiger partial charge in [0.05, 0.1) is 0 Å². The summed E-state index contributed by atoms with van der Waals surface area (Å²) in [6.45, 7) is 2.92. The van der Waals surface area contributed by atoms with E-state index in [-0.39, 0.29) is 24.9 Å². The summed E-state index contributed by atoms with van der Waals surface area (Å²) in [6.07, 6.45) is 2.55. The van der Waals surface area contributed by atoms with E-state index in [1.165, 1.54) is 18.6 Å². The molecule has 174 valence electrons. The fourth-order valence-corrected chi connectivity index (χ4v) is 3.33. The minimum Gasteiger partial charge on any atom is -0.492 e. The van der Waals surface area contributed by atoms with Crippen molar-refractivity contribution in [3.63, 3.8) is 0 Å². The van der Waals surface area contributed by atoms with E-state index in [9.17, 15) is 14.3 Å². The van der Waals surface area contributed by atoms with Gasteiger partial charge < -0.3 is 29.5 Å². The smallest absolute Gasteiger partial charge is 0.260 e. The molecule has 8 heteroatoms. The fraction of sp³-hybridized carbons (Fsp3) is 0.458. The number of carbonyl (C=O) groups is 1. The van der Waals surface area contributed by atoms with Crippen molar-refractivity contribution in [3.8, 4) is 17.2 Å². The van der Waals surface area contributed by atoms with Crippen molar-refractivity contribution in [2.45, 2.75) is 25.4 Å². The van der Waals surface area contributed by atoms with Crippen molar-refractivity contribution in [1.29, 1.82) is 0 Å². The first kappa shape index (κ1) is 23.8. The van der Waals surface area contributed by atoms with Gasteiger partial charge in [-0.3, -0.25) is 4.79 Å². The van der Waals surface area contributed by atoms with E-state index < -0.39 is 11.9 Å². The summed E-state index contributed by atoms with van der Waals surface area (Å²) in [5.74, 6) is 1.01. The Labute approximate surface area is 188 Å². The highest BCUT2D eigenvalue weighted by Gasteiger charge is 2.16. The molecule has 0 bridgehead atoms. The largest absolute Gasteiger partial charge is 0.492 e. The number of halogens is 1. The molecule has 1 heterocycles. The van der Waals surface area contributed by atoms with Gasteiger partial charge in [0.2, 0.25) is 0 Å². The van der Waals surface area contributed by atoms with Crippen molar-refractivity contribution < 1.29 is 28.5 Å². The van der Waals surface area contributed by atoms with E-state index in [2.05, 4.69) is 5.32 Å². The zero-order valence-electron chi connectivity index (χ0n) is 18.2. The van der Waals surface area contributed by atoms with Crippen LogP contribution in [0.25, 0.3) is 0 Å². The number of rotatable bonds is 12. The molecule has 7 nitrogen and oxygen atoms in total. The van der Waals surface area contributed by atoms with Crippen molar-refractivity contribution in [2.24, 2.45) is 0 Å². The minimum atomic E-state index is -0.765. The molecular weight excluding hydrogens is 415 g/mol. The van der Waals surface area contributed by atoms with Gasteiger partial charge in [0.15, 0.2) is 18.2 Å². The number of benzene rings is 2. The van der Waals surface area contributed by atoms with Gasteiger partial charge in [-0.05, 0) is 55.7 Å². The average molecular weight is 447 g/mol. The molecule has 0 aliphatic carbocycles.